The maximum absolute atomic E-state index is 10.0. The first-order valence-electron chi connectivity index (χ1n) is 10.8. The van der Waals surface area contributed by atoms with Crippen molar-refractivity contribution in [3.63, 3.8) is 0 Å². The second kappa shape index (κ2) is 11.3. The molecule has 0 aliphatic heterocycles. The number of likely N-dealkylation sites (N-methyl/N-ethyl adjacent to an activating group) is 1. The predicted octanol–water partition coefficient (Wildman–Crippen LogP) is 5.27. The van der Waals surface area contributed by atoms with Crippen LogP contribution in [0.4, 0.5) is 0 Å². The van der Waals surface area contributed by atoms with Crippen molar-refractivity contribution in [3.8, 4) is 23.0 Å². The van der Waals surface area contributed by atoms with Crippen LogP contribution in [0.3, 0.4) is 0 Å². The van der Waals surface area contributed by atoms with Gasteiger partial charge in [0.05, 0.1) is 7.11 Å². The minimum atomic E-state index is 0.120. The molecule has 32 heavy (non-hydrogen) atoms. The summed E-state index contributed by atoms with van der Waals surface area (Å²) in [7, 11) is 3.45. The van der Waals surface area contributed by atoms with Crippen LogP contribution in [0.5, 0.6) is 23.0 Å². The molecule has 0 heterocycles. The minimum absolute atomic E-state index is 0.120. The molecule has 0 bridgehead atoms. The van der Waals surface area contributed by atoms with Gasteiger partial charge in [0.15, 0.2) is 11.5 Å². The monoisotopic (exact) mass is 433 g/mol. The van der Waals surface area contributed by atoms with Crippen LogP contribution >= 0.6 is 0 Å². The van der Waals surface area contributed by atoms with Crippen molar-refractivity contribution in [2.45, 2.75) is 19.8 Å². The largest absolute Gasteiger partial charge is 0.508 e. The first-order chi connectivity index (χ1) is 15.5. The van der Waals surface area contributed by atoms with Crippen molar-refractivity contribution in [3.05, 3.63) is 83.4 Å². The molecule has 0 amide bonds. The van der Waals surface area contributed by atoms with E-state index in [9.17, 15) is 10.2 Å². The highest BCUT2D eigenvalue weighted by Crippen LogP contribution is 2.36. The number of phenols is 2. The standard InChI is InChI=1S/C27H31NO4/c1-4-24(21-9-14-26(30)27(18-21)31-3)25(17-19-5-10-22(29)11-6-19)20-7-12-23(13-8-20)32-16-15-28-2/h5-14,18,28-30H,4,15-17H2,1-3H3. The predicted molar refractivity (Wildman–Crippen MR) is 129 cm³/mol. The quantitative estimate of drug-likeness (QED) is 0.300. The summed E-state index contributed by atoms with van der Waals surface area (Å²) < 4.78 is 11.1. The number of ether oxygens (including phenoxy) is 2. The average Bonchev–Trinajstić information content (AvgIpc) is 2.82. The topological polar surface area (TPSA) is 71.0 Å². The van der Waals surface area contributed by atoms with Crippen LogP contribution in [0, 0.1) is 0 Å². The molecule has 3 aromatic rings. The van der Waals surface area contributed by atoms with Crippen LogP contribution < -0.4 is 14.8 Å². The Hall–Kier alpha value is -3.44. The zero-order valence-electron chi connectivity index (χ0n) is 18.9. The number of hydrogen-bond acceptors (Lipinski definition) is 5. The van der Waals surface area contributed by atoms with Gasteiger partial charge in [-0.25, -0.2) is 0 Å². The Labute approximate surface area is 190 Å². The van der Waals surface area contributed by atoms with Crippen molar-refractivity contribution >= 4 is 11.1 Å². The number of methoxy groups -OCH3 is 1. The molecule has 0 atom stereocenters. The smallest absolute Gasteiger partial charge is 0.161 e. The van der Waals surface area contributed by atoms with E-state index in [0.29, 0.717) is 18.8 Å². The second-order valence-corrected chi connectivity index (χ2v) is 7.52. The Morgan fingerprint density at radius 1 is 0.875 bits per heavy atom. The van der Waals surface area contributed by atoms with E-state index in [1.54, 1.807) is 25.3 Å². The molecule has 168 valence electrons. The Morgan fingerprint density at radius 3 is 2.19 bits per heavy atom. The summed E-state index contributed by atoms with van der Waals surface area (Å²) in [5, 5.41) is 22.8. The molecule has 0 aromatic heterocycles. The molecule has 0 saturated heterocycles. The zero-order chi connectivity index (χ0) is 22.9. The van der Waals surface area contributed by atoms with Gasteiger partial charge in [0.1, 0.15) is 18.1 Å². The highest BCUT2D eigenvalue weighted by Gasteiger charge is 2.14. The lowest BCUT2D eigenvalue weighted by atomic mass is 9.88. The Morgan fingerprint density at radius 2 is 1.56 bits per heavy atom. The lowest BCUT2D eigenvalue weighted by Gasteiger charge is -2.17. The molecule has 3 rings (SSSR count). The molecular weight excluding hydrogens is 402 g/mol. The summed E-state index contributed by atoms with van der Waals surface area (Å²) in [6.07, 6.45) is 1.51. The summed E-state index contributed by atoms with van der Waals surface area (Å²) in [6.45, 7) is 3.52. The molecule has 0 saturated carbocycles. The number of rotatable bonds is 10. The number of aromatic hydroxyl groups is 2. The van der Waals surface area contributed by atoms with E-state index in [2.05, 4.69) is 24.4 Å². The zero-order valence-corrected chi connectivity index (χ0v) is 18.9. The SMILES string of the molecule is CCC(=C(Cc1ccc(O)cc1)c1ccc(OCCNC)cc1)c1ccc(O)c(OC)c1. The van der Waals surface area contributed by atoms with E-state index in [4.69, 9.17) is 9.47 Å². The van der Waals surface area contributed by atoms with Gasteiger partial charge in [-0.3, -0.25) is 0 Å². The Balaban J connectivity index is 2.05. The normalized spacial score (nSPS) is 11.7. The van der Waals surface area contributed by atoms with Crippen LogP contribution in [0.25, 0.3) is 11.1 Å². The summed E-state index contributed by atoms with van der Waals surface area (Å²) in [6, 6.07) is 20.9. The minimum Gasteiger partial charge on any atom is -0.508 e. The van der Waals surface area contributed by atoms with Gasteiger partial charge in [-0.15, -0.1) is 0 Å². The van der Waals surface area contributed by atoms with E-state index in [-0.39, 0.29) is 11.5 Å². The molecule has 5 heteroatoms. The average molecular weight is 434 g/mol. The maximum atomic E-state index is 10.0. The lowest BCUT2D eigenvalue weighted by Crippen LogP contribution is -2.15. The van der Waals surface area contributed by atoms with Crippen LogP contribution in [0.2, 0.25) is 0 Å². The highest BCUT2D eigenvalue weighted by atomic mass is 16.5. The number of hydrogen-bond donors (Lipinski definition) is 3. The molecule has 0 fully saturated rings. The van der Waals surface area contributed by atoms with Crippen LogP contribution in [-0.4, -0.2) is 37.5 Å². The summed E-state index contributed by atoms with van der Waals surface area (Å²) in [5.41, 5.74) is 5.55. The molecule has 0 aliphatic rings. The second-order valence-electron chi connectivity index (χ2n) is 7.52. The van der Waals surface area contributed by atoms with Crippen molar-refractivity contribution in [1.29, 1.82) is 0 Å². The van der Waals surface area contributed by atoms with E-state index < -0.39 is 0 Å². The third-order valence-electron chi connectivity index (χ3n) is 5.39. The van der Waals surface area contributed by atoms with Crippen molar-refractivity contribution in [2.75, 3.05) is 27.3 Å². The number of allylic oxidation sites excluding steroid dienone is 2. The number of benzene rings is 3. The summed E-state index contributed by atoms with van der Waals surface area (Å²) in [4.78, 5) is 0. The molecule has 3 aromatic carbocycles. The lowest BCUT2D eigenvalue weighted by molar-refractivity contribution is 0.318. The fraction of sp³-hybridized carbons (Fsp3) is 0.259. The van der Waals surface area contributed by atoms with Gasteiger partial charge in [0.25, 0.3) is 0 Å². The van der Waals surface area contributed by atoms with Gasteiger partial charge < -0.3 is 25.0 Å². The van der Waals surface area contributed by atoms with Crippen molar-refractivity contribution in [1.82, 2.24) is 5.32 Å². The van der Waals surface area contributed by atoms with Crippen LogP contribution in [-0.2, 0) is 6.42 Å². The third-order valence-corrected chi connectivity index (χ3v) is 5.39. The first kappa shape index (κ1) is 23.2. The van der Waals surface area contributed by atoms with Crippen molar-refractivity contribution in [2.24, 2.45) is 0 Å². The number of phenolic OH excluding ortho intramolecular Hbond substituents is 2. The van der Waals surface area contributed by atoms with Gasteiger partial charge in [-0.05, 0) is 84.1 Å². The fourth-order valence-electron chi connectivity index (χ4n) is 3.68. The summed E-state index contributed by atoms with van der Waals surface area (Å²) in [5.74, 6) is 1.65. The summed E-state index contributed by atoms with van der Waals surface area (Å²) >= 11 is 0. The molecule has 0 spiro atoms. The fourth-order valence-corrected chi connectivity index (χ4v) is 3.68. The van der Waals surface area contributed by atoms with Gasteiger partial charge in [0, 0.05) is 6.54 Å². The van der Waals surface area contributed by atoms with Crippen LogP contribution in [0.1, 0.15) is 30.0 Å². The maximum Gasteiger partial charge on any atom is 0.161 e. The molecule has 0 unspecified atom stereocenters. The molecular formula is C27H31NO4. The van der Waals surface area contributed by atoms with Crippen LogP contribution in [0.15, 0.2) is 66.7 Å². The van der Waals surface area contributed by atoms with E-state index in [0.717, 1.165) is 35.4 Å². The molecule has 0 radical (unpaired) electrons. The van der Waals surface area contributed by atoms with Gasteiger partial charge in [-0.1, -0.05) is 37.3 Å². The van der Waals surface area contributed by atoms with Gasteiger partial charge in [-0.2, -0.15) is 0 Å². The molecule has 5 nitrogen and oxygen atoms in total. The van der Waals surface area contributed by atoms with E-state index in [1.165, 1.54) is 11.1 Å². The van der Waals surface area contributed by atoms with E-state index in [1.807, 2.05) is 43.4 Å². The highest BCUT2D eigenvalue weighted by molar-refractivity contribution is 5.92. The molecule has 3 N–H and O–H groups in total. The molecule has 0 aliphatic carbocycles. The third kappa shape index (κ3) is 5.83. The Bertz CT molecular complexity index is 1040. The van der Waals surface area contributed by atoms with Gasteiger partial charge >= 0.3 is 0 Å². The van der Waals surface area contributed by atoms with Gasteiger partial charge in [0.2, 0.25) is 0 Å². The number of nitrogens with one attached hydrogen (secondary N) is 1. The van der Waals surface area contributed by atoms with Crippen molar-refractivity contribution < 1.29 is 19.7 Å². The first-order valence-corrected chi connectivity index (χ1v) is 10.8. The van der Waals surface area contributed by atoms with E-state index >= 15 is 0 Å². The Kier molecular flexibility index (Phi) is 8.17.